The Hall–Kier alpha value is -1.09. The van der Waals surface area contributed by atoms with Crippen LogP contribution in [0.5, 0.6) is 0 Å². The normalized spacial score (nSPS) is 16.2. The molecule has 1 aromatic rings. The number of aromatic nitrogens is 1. The minimum atomic E-state index is 0.154. The molecular weight excluding hydrogens is 234 g/mol. The van der Waals surface area contributed by atoms with E-state index in [1.54, 1.807) is 0 Å². The van der Waals surface area contributed by atoms with Gasteiger partial charge in [-0.15, -0.1) is 0 Å². The Labute approximate surface area is 117 Å². The van der Waals surface area contributed by atoms with E-state index in [1.165, 1.54) is 24.8 Å². The van der Waals surface area contributed by atoms with E-state index >= 15 is 0 Å². The van der Waals surface area contributed by atoms with E-state index in [2.05, 4.69) is 55.2 Å². The third kappa shape index (κ3) is 4.50. The van der Waals surface area contributed by atoms with Gasteiger partial charge in [-0.05, 0) is 57.2 Å². The Kier molecular flexibility index (Phi) is 4.46. The van der Waals surface area contributed by atoms with Crippen LogP contribution in [0.3, 0.4) is 0 Å². The summed E-state index contributed by atoms with van der Waals surface area (Å²) in [4.78, 5) is 6.79. The Morgan fingerprint density at radius 3 is 2.68 bits per heavy atom. The molecule has 0 bridgehead atoms. The van der Waals surface area contributed by atoms with Crippen molar-refractivity contribution in [1.82, 2.24) is 10.3 Å². The summed E-state index contributed by atoms with van der Waals surface area (Å²) in [5, 5.41) is 3.52. The summed E-state index contributed by atoms with van der Waals surface area (Å²) in [7, 11) is 2.15. The lowest BCUT2D eigenvalue weighted by Crippen LogP contribution is -2.35. The van der Waals surface area contributed by atoms with Gasteiger partial charge in [-0.3, -0.25) is 0 Å². The Morgan fingerprint density at radius 1 is 1.37 bits per heavy atom. The van der Waals surface area contributed by atoms with Crippen LogP contribution in [0.15, 0.2) is 18.3 Å². The predicted molar refractivity (Wildman–Crippen MR) is 81.4 cm³/mol. The molecule has 0 aliphatic heterocycles. The number of nitrogens with one attached hydrogen (secondary N) is 1. The minimum Gasteiger partial charge on any atom is -0.359 e. The SMILES string of the molecule is CN(CC1CCC1)c1cc(CNC(C)(C)C)ccn1. The molecule has 0 saturated heterocycles. The maximum atomic E-state index is 4.49. The van der Waals surface area contributed by atoms with Crippen LogP contribution in [0.2, 0.25) is 0 Å². The standard InChI is InChI=1S/C16H27N3/c1-16(2,3)18-11-14-8-9-17-15(10-14)19(4)12-13-6-5-7-13/h8-10,13,18H,5-7,11-12H2,1-4H3. The summed E-state index contributed by atoms with van der Waals surface area (Å²) >= 11 is 0. The highest BCUT2D eigenvalue weighted by molar-refractivity contribution is 5.40. The second kappa shape index (κ2) is 5.91. The zero-order valence-electron chi connectivity index (χ0n) is 12.7. The molecule has 1 saturated carbocycles. The van der Waals surface area contributed by atoms with Crippen molar-refractivity contribution < 1.29 is 0 Å². The van der Waals surface area contributed by atoms with Crippen LogP contribution in [-0.4, -0.2) is 24.1 Å². The molecule has 1 aliphatic carbocycles. The van der Waals surface area contributed by atoms with Crippen LogP contribution in [0, 0.1) is 5.92 Å². The molecule has 1 fully saturated rings. The Bertz CT molecular complexity index is 405. The van der Waals surface area contributed by atoms with E-state index in [1.807, 2.05) is 6.20 Å². The molecule has 0 atom stereocenters. The lowest BCUT2D eigenvalue weighted by Gasteiger charge is -2.30. The second-order valence-electron chi connectivity index (χ2n) is 6.80. The second-order valence-corrected chi connectivity index (χ2v) is 6.80. The molecule has 2 rings (SSSR count). The van der Waals surface area contributed by atoms with Crippen molar-refractivity contribution in [3.8, 4) is 0 Å². The van der Waals surface area contributed by atoms with Gasteiger partial charge < -0.3 is 10.2 Å². The number of rotatable bonds is 5. The maximum Gasteiger partial charge on any atom is 0.128 e. The highest BCUT2D eigenvalue weighted by atomic mass is 15.2. The van der Waals surface area contributed by atoms with Crippen molar-refractivity contribution in [2.75, 3.05) is 18.5 Å². The lowest BCUT2D eigenvalue weighted by atomic mass is 9.85. The van der Waals surface area contributed by atoms with Crippen LogP contribution < -0.4 is 10.2 Å². The Morgan fingerprint density at radius 2 is 2.11 bits per heavy atom. The fourth-order valence-electron chi connectivity index (χ4n) is 2.30. The van der Waals surface area contributed by atoms with Crippen molar-refractivity contribution in [2.24, 2.45) is 5.92 Å². The van der Waals surface area contributed by atoms with Gasteiger partial charge in [-0.25, -0.2) is 4.98 Å². The highest BCUT2D eigenvalue weighted by Gasteiger charge is 2.19. The molecule has 3 nitrogen and oxygen atoms in total. The number of anilines is 1. The average Bonchev–Trinajstić information content (AvgIpc) is 2.30. The molecular formula is C16H27N3. The van der Waals surface area contributed by atoms with Crippen LogP contribution >= 0.6 is 0 Å². The first kappa shape index (κ1) is 14.3. The third-order valence-electron chi connectivity index (χ3n) is 3.78. The van der Waals surface area contributed by atoms with E-state index < -0.39 is 0 Å². The van der Waals surface area contributed by atoms with Crippen molar-refractivity contribution in [1.29, 1.82) is 0 Å². The third-order valence-corrected chi connectivity index (χ3v) is 3.78. The highest BCUT2D eigenvalue weighted by Crippen LogP contribution is 2.28. The van der Waals surface area contributed by atoms with Gasteiger partial charge in [0.2, 0.25) is 0 Å². The number of hydrogen-bond acceptors (Lipinski definition) is 3. The van der Waals surface area contributed by atoms with E-state index in [-0.39, 0.29) is 5.54 Å². The molecule has 0 unspecified atom stereocenters. The smallest absolute Gasteiger partial charge is 0.128 e. The fourth-order valence-corrected chi connectivity index (χ4v) is 2.30. The van der Waals surface area contributed by atoms with Gasteiger partial charge >= 0.3 is 0 Å². The first-order valence-corrected chi connectivity index (χ1v) is 7.35. The molecule has 0 radical (unpaired) electrons. The van der Waals surface area contributed by atoms with Gasteiger partial charge in [0.1, 0.15) is 5.82 Å². The van der Waals surface area contributed by atoms with Crippen molar-refractivity contribution >= 4 is 5.82 Å². The van der Waals surface area contributed by atoms with E-state index in [9.17, 15) is 0 Å². The zero-order valence-corrected chi connectivity index (χ0v) is 12.7. The van der Waals surface area contributed by atoms with Crippen LogP contribution in [0.4, 0.5) is 5.82 Å². The van der Waals surface area contributed by atoms with Crippen molar-refractivity contribution in [2.45, 2.75) is 52.1 Å². The molecule has 1 N–H and O–H groups in total. The zero-order chi connectivity index (χ0) is 13.9. The van der Waals surface area contributed by atoms with E-state index in [4.69, 9.17) is 0 Å². The molecule has 0 spiro atoms. The molecule has 0 aromatic carbocycles. The largest absolute Gasteiger partial charge is 0.359 e. The van der Waals surface area contributed by atoms with Gasteiger partial charge in [-0.2, -0.15) is 0 Å². The fraction of sp³-hybridized carbons (Fsp3) is 0.688. The Balaban J connectivity index is 1.93. The molecule has 3 heteroatoms. The summed E-state index contributed by atoms with van der Waals surface area (Å²) in [6, 6.07) is 4.30. The first-order valence-electron chi connectivity index (χ1n) is 7.35. The maximum absolute atomic E-state index is 4.49. The average molecular weight is 261 g/mol. The topological polar surface area (TPSA) is 28.2 Å². The predicted octanol–water partition coefficient (Wildman–Crippen LogP) is 3.21. The van der Waals surface area contributed by atoms with E-state index in [0.29, 0.717) is 0 Å². The quantitative estimate of drug-likeness (QED) is 0.882. The molecule has 106 valence electrons. The van der Waals surface area contributed by atoms with Gasteiger partial charge in [0, 0.05) is 31.9 Å². The van der Waals surface area contributed by atoms with Gasteiger partial charge in [0.05, 0.1) is 0 Å². The van der Waals surface area contributed by atoms with Gasteiger partial charge in [-0.1, -0.05) is 6.42 Å². The summed E-state index contributed by atoms with van der Waals surface area (Å²) in [5.41, 5.74) is 1.46. The summed E-state index contributed by atoms with van der Waals surface area (Å²) in [5.74, 6) is 1.98. The van der Waals surface area contributed by atoms with Crippen LogP contribution in [0.1, 0.15) is 45.6 Å². The molecule has 1 heterocycles. The lowest BCUT2D eigenvalue weighted by molar-refractivity contribution is 0.321. The number of nitrogens with zero attached hydrogens (tertiary/aromatic N) is 2. The summed E-state index contributed by atoms with van der Waals surface area (Å²) in [6.45, 7) is 8.62. The number of hydrogen-bond donors (Lipinski definition) is 1. The molecule has 19 heavy (non-hydrogen) atoms. The molecule has 1 aliphatic rings. The summed E-state index contributed by atoms with van der Waals surface area (Å²) in [6.07, 6.45) is 6.10. The van der Waals surface area contributed by atoms with Gasteiger partial charge in [0.25, 0.3) is 0 Å². The van der Waals surface area contributed by atoms with E-state index in [0.717, 1.165) is 24.8 Å². The van der Waals surface area contributed by atoms with Gasteiger partial charge in [0.15, 0.2) is 0 Å². The van der Waals surface area contributed by atoms with Crippen molar-refractivity contribution in [3.63, 3.8) is 0 Å². The molecule has 1 aromatic heterocycles. The monoisotopic (exact) mass is 261 g/mol. The first-order chi connectivity index (χ1) is 8.94. The number of pyridine rings is 1. The molecule has 0 amide bonds. The van der Waals surface area contributed by atoms with Crippen LogP contribution in [0.25, 0.3) is 0 Å². The van der Waals surface area contributed by atoms with Crippen molar-refractivity contribution in [3.05, 3.63) is 23.9 Å². The van der Waals surface area contributed by atoms with Crippen LogP contribution in [-0.2, 0) is 6.54 Å². The summed E-state index contributed by atoms with van der Waals surface area (Å²) < 4.78 is 0. The minimum absolute atomic E-state index is 0.154.